The van der Waals surface area contributed by atoms with Gasteiger partial charge in [-0.3, -0.25) is 4.90 Å². The van der Waals surface area contributed by atoms with Crippen LogP contribution in [-0.2, 0) is 16.6 Å². The van der Waals surface area contributed by atoms with Gasteiger partial charge in [0.05, 0.1) is 10.4 Å². The third-order valence-corrected chi connectivity index (χ3v) is 10.4. The first-order valence-electron chi connectivity index (χ1n) is 15.6. The number of piperidine rings is 1. The molecule has 1 saturated carbocycles. The minimum Gasteiger partial charge on any atom is -0.367 e. The molecule has 234 valence electrons. The molecule has 4 aromatic rings. The molecule has 44 heavy (non-hydrogen) atoms. The highest BCUT2D eigenvalue weighted by Crippen LogP contribution is 2.30. The van der Waals surface area contributed by atoms with E-state index in [1.807, 2.05) is 18.2 Å². The number of hydrogen-bond donors (Lipinski definition) is 3. The van der Waals surface area contributed by atoms with Crippen molar-refractivity contribution >= 4 is 32.7 Å². The number of aromatic nitrogens is 2. The molecule has 8 nitrogen and oxygen atoms in total. The number of nitrogens with one attached hydrogen (secondary N) is 3. The summed E-state index contributed by atoms with van der Waals surface area (Å²) in [6.45, 7) is 4.45. The Kier molecular flexibility index (Phi) is 10.8. The Hall–Kier alpha value is -3.53. The van der Waals surface area contributed by atoms with Crippen molar-refractivity contribution in [2.24, 2.45) is 11.8 Å². The second kappa shape index (κ2) is 15.0. The fourth-order valence-electron chi connectivity index (χ4n) is 6.32. The van der Waals surface area contributed by atoms with Crippen LogP contribution in [0, 0.1) is 11.8 Å². The lowest BCUT2D eigenvalue weighted by molar-refractivity contribution is 0.211. The molecule has 1 aliphatic heterocycles. The van der Waals surface area contributed by atoms with Gasteiger partial charge < -0.3 is 10.6 Å². The van der Waals surface area contributed by atoms with Crippen LogP contribution in [-0.4, -0.2) is 55.5 Å². The highest BCUT2D eigenvalue weighted by Gasteiger charge is 2.24. The van der Waals surface area contributed by atoms with Crippen LogP contribution in [0.1, 0.15) is 51.5 Å². The smallest absolute Gasteiger partial charge is 0.240 e. The molecule has 3 aromatic carbocycles. The van der Waals surface area contributed by atoms with Gasteiger partial charge >= 0.3 is 0 Å². The summed E-state index contributed by atoms with van der Waals surface area (Å²) in [7, 11) is -3.46. The summed E-state index contributed by atoms with van der Waals surface area (Å²) >= 11 is 0. The number of nitrogens with zero attached hydrogens (tertiary/aromatic N) is 3. The van der Waals surface area contributed by atoms with E-state index in [-0.39, 0.29) is 7.43 Å². The number of para-hydroxylation sites is 1. The maximum atomic E-state index is 12.6. The van der Waals surface area contributed by atoms with Crippen molar-refractivity contribution < 1.29 is 8.42 Å². The zero-order chi connectivity index (χ0) is 29.5. The van der Waals surface area contributed by atoms with Crippen LogP contribution in [0.2, 0.25) is 0 Å². The fraction of sp³-hybridized carbons (Fsp3) is 0.429. The Labute approximate surface area is 262 Å². The second-order valence-corrected chi connectivity index (χ2v) is 13.8. The summed E-state index contributed by atoms with van der Waals surface area (Å²) in [5, 5.41) is 8.34. The molecule has 1 aliphatic carbocycles. The van der Waals surface area contributed by atoms with E-state index >= 15 is 0 Å². The van der Waals surface area contributed by atoms with Gasteiger partial charge in [-0.15, -0.1) is 0 Å². The van der Waals surface area contributed by atoms with E-state index in [4.69, 9.17) is 9.97 Å². The summed E-state index contributed by atoms with van der Waals surface area (Å²) in [5.74, 6) is 2.45. The minimum absolute atomic E-state index is 0. The summed E-state index contributed by atoms with van der Waals surface area (Å²) in [4.78, 5) is 12.6. The van der Waals surface area contributed by atoms with Gasteiger partial charge in [0.15, 0.2) is 0 Å². The number of anilines is 2. The fourth-order valence-corrected chi connectivity index (χ4v) is 7.46. The van der Waals surface area contributed by atoms with Crippen LogP contribution in [0.5, 0.6) is 0 Å². The minimum atomic E-state index is -3.46. The molecule has 0 bridgehead atoms. The van der Waals surface area contributed by atoms with E-state index in [2.05, 4.69) is 62.7 Å². The standard InChI is InChI=1S/C34H42N6O2S.CH4/c41-43(42,30-11-5-2-6-12-30)36-24-27-17-15-26(16-18-27)23-35-34-38-32-14-8-7-13-31(32)33(39-34)37-29-19-21-40(22-20-29)25-28-9-3-1-4-10-28;/h1-14,26-27,29,36H,15-25H2,(H2,35,37,38,39);1H4. The van der Waals surface area contributed by atoms with Gasteiger partial charge in [-0.25, -0.2) is 18.1 Å². The number of fused-ring (bicyclic) bond motifs is 1. The molecule has 0 atom stereocenters. The monoisotopic (exact) mass is 614 g/mol. The Morgan fingerprint density at radius 3 is 2.05 bits per heavy atom. The van der Waals surface area contributed by atoms with Gasteiger partial charge in [-0.05, 0) is 80.2 Å². The molecule has 9 heteroatoms. The van der Waals surface area contributed by atoms with Gasteiger partial charge in [-0.2, -0.15) is 4.98 Å². The van der Waals surface area contributed by atoms with Crippen LogP contribution in [0.25, 0.3) is 10.9 Å². The van der Waals surface area contributed by atoms with Gasteiger partial charge in [-0.1, -0.05) is 68.1 Å². The first-order valence-corrected chi connectivity index (χ1v) is 17.1. The van der Waals surface area contributed by atoms with E-state index in [1.165, 1.54) is 5.56 Å². The second-order valence-electron chi connectivity index (χ2n) is 12.0. The predicted molar refractivity (Wildman–Crippen MR) is 180 cm³/mol. The van der Waals surface area contributed by atoms with Gasteiger partial charge in [0.25, 0.3) is 0 Å². The molecular formula is C35H46N6O2S. The van der Waals surface area contributed by atoms with Crippen molar-refractivity contribution in [2.45, 2.75) is 63.4 Å². The quantitative estimate of drug-likeness (QED) is 0.176. The van der Waals surface area contributed by atoms with E-state index in [0.717, 1.165) is 81.4 Å². The number of hydrogen-bond acceptors (Lipinski definition) is 7. The number of rotatable bonds is 11. The van der Waals surface area contributed by atoms with Crippen LogP contribution < -0.4 is 15.4 Å². The molecular weight excluding hydrogens is 568 g/mol. The van der Waals surface area contributed by atoms with E-state index in [1.54, 1.807) is 24.3 Å². The van der Waals surface area contributed by atoms with E-state index < -0.39 is 10.0 Å². The van der Waals surface area contributed by atoms with Crippen LogP contribution >= 0.6 is 0 Å². The van der Waals surface area contributed by atoms with E-state index in [9.17, 15) is 8.42 Å². The molecule has 1 saturated heterocycles. The summed E-state index contributed by atoms with van der Waals surface area (Å²) < 4.78 is 28.0. The zero-order valence-corrected chi connectivity index (χ0v) is 25.5. The normalized spacial score (nSPS) is 19.7. The lowest BCUT2D eigenvalue weighted by Crippen LogP contribution is -2.38. The molecule has 2 fully saturated rings. The summed E-state index contributed by atoms with van der Waals surface area (Å²) in [6.07, 6.45) is 6.31. The van der Waals surface area contributed by atoms with Gasteiger partial charge in [0.2, 0.25) is 16.0 Å². The van der Waals surface area contributed by atoms with Gasteiger partial charge in [0, 0.05) is 44.2 Å². The SMILES string of the molecule is C.O=S(=O)(NCC1CCC(CNc2nc(NC3CCN(Cc4ccccc4)CC3)c3ccccc3n2)CC1)c1ccccc1. The van der Waals surface area contributed by atoms with Crippen molar-refractivity contribution in [1.29, 1.82) is 0 Å². The number of sulfonamides is 1. The van der Waals surface area contributed by atoms with Crippen LogP contribution in [0.4, 0.5) is 11.8 Å². The maximum Gasteiger partial charge on any atom is 0.240 e. The molecule has 0 amide bonds. The molecule has 1 aromatic heterocycles. The molecule has 0 spiro atoms. The Balaban J connectivity index is 0.00000384. The molecule has 2 aliphatic rings. The first kappa shape index (κ1) is 31.9. The van der Waals surface area contributed by atoms with Crippen molar-refractivity contribution in [3.05, 3.63) is 90.5 Å². The largest absolute Gasteiger partial charge is 0.367 e. The molecule has 6 rings (SSSR count). The van der Waals surface area contributed by atoms with Crippen molar-refractivity contribution in [3.63, 3.8) is 0 Å². The highest BCUT2D eigenvalue weighted by molar-refractivity contribution is 7.89. The van der Waals surface area contributed by atoms with Crippen molar-refractivity contribution in [1.82, 2.24) is 19.6 Å². The number of benzene rings is 3. The highest BCUT2D eigenvalue weighted by atomic mass is 32.2. The van der Waals surface area contributed by atoms with Gasteiger partial charge in [0.1, 0.15) is 5.82 Å². The summed E-state index contributed by atoms with van der Waals surface area (Å²) in [5.41, 5.74) is 2.31. The zero-order valence-electron chi connectivity index (χ0n) is 24.7. The Morgan fingerprint density at radius 1 is 0.727 bits per heavy atom. The van der Waals surface area contributed by atoms with Crippen LogP contribution in [0.3, 0.4) is 0 Å². The third-order valence-electron chi connectivity index (χ3n) is 8.91. The molecule has 0 unspecified atom stereocenters. The summed E-state index contributed by atoms with van der Waals surface area (Å²) in [6, 6.07) is 27.9. The predicted octanol–water partition coefficient (Wildman–Crippen LogP) is 6.54. The Bertz CT molecular complexity index is 1570. The molecule has 3 N–H and O–H groups in total. The topological polar surface area (TPSA) is 99.2 Å². The molecule has 0 radical (unpaired) electrons. The molecule has 2 heterocycles. The first-order chi connectivity index (χ1) is 21.0. The average Bonchev–Trinajstić information content (AvgIpc) is 3.05. The lowest BCUT2D eigenvalue weighted by atomic mass is 9.82. The number of likely N-dealkylation sites (tertiary alicyclic amines) is 1. The maximum absolute atomic E-state index is 12.6. The van der Waals surface area contributed by atoms with Crippen molar-refractivity contribution in [2.75, 3.05) is 36.8 Å². The van der Waals surface area contributed by atoms with Crippen LogP contribution in [0.15, 0.2) is 89.8 Å². The van der Waals surface area contributed by atoms with Crippen molar-refractivity contribution in [3.8, 4) is 0 Å². The lowest BCUT2D eigenvalue weighted by Gasteiger charge is -2.33. The Morgan fingerprint density at radius 2 is 1.34 bits per heavy atom. The average molecular weight is 615 g/mol. The third kappa shape index (κ3) is 8.34. The van der Waals surface area contributed by atoms with E-state index in [0.29, 0.717) is 35.3 Å².